The third-order valence-corrected chi connectivity index (χ3v) is 4.30. The van der Waals surface area contributed by atoms with E-state index in [1.54, 1.807) is 35.1 Å². The van der Waals surface area contributed by atoms with E-state index in [0.717, 1.165) is 11.3 Å². The first kappa shape index (κ1) is 17.4. The van der Waals surface area contributed by atoms with Crippen LogP contribution in [-0.4, -0.2) is 14.9 Å². The van der Waals surface area contributed by atoms with Crippen LogP contribution in [0.1, 0.15) is 11.1 Å². The van der Waals surface area contributed by atoms with Gasteiger partial charge in [-0.3, -0.25) is 4.68 Å². The highest BCUT2D eigenvalue weighted by Crippen LogP contribution is 2.23. The fourth-order valence-corrected chi connectivity index (χ4v) is 2.72. The van der Waals surface area contributed by atoms with Gasteiger partial charge in [0, 0.05) is 28.5 Å². The van der Waals surface area contributed by atoms with Gasteiger partial charge < -0.3 is 10.6 Å². The van der Waals surface area contributed by atoms with Crippen LogP contribution in [-0.2, 0) is 6.54 Å². The summed E-state index contributed by atoms with van der Waals surface area (Å²) in [6.45, 7) is 2.26. The van der Waals surface area contributed by atoms with Gasteiger partial charge >= 0.3 is 0 Å². The van der Waals surface area contributed by atoms with Crippen molar-refractivity contribution in [1.29, 1.82) is 0 Å². The summed E-state index contributed by atoms with van der Waals surface area (Å²) in [4.78, 5) is 0. The minimum atomic E-state index is -0.249. The molecule has 2 aromatic carbocycles. The molecule has 0 fully saturated rings. The van der Waals surface area contributed by atoms with Gasteiger partial charge in [-0.15, -0.1) is 0 Å². The van der Waals surface area contributed by atoms with Crippen LogP contribution in [0.4, 0.5) is 15.9 Å². The Labute approximate surface area is 155 Å². The van der Waals surface area contributed by atoms with E-state index in [0.29, 0.717) is 28.1 Å². The van der Waals surface area contributed by atoms with E-state index in [9.17, 15) is 4.39 Å². The number of halogens is 2. The lowest BCUT2D eigenvalue weighted by molar-refractivity contribution is 0.586. The molecule has 3 rings (SSSR count). The Kier molecular flexibility index (Phi) is 5.31. The normalized spacial score (nSPS) is 10.5. The van der Waals surface area contributed by atoms with E-state index in [4.69, 9.17) is 23.8 Å². The highest BCUT2D eigenvalue weighted by Gasteiger charge is 2.07. The molecule has 25 heavy (non-hydrogen) atoms. The molecule has 0 radical (unpaired) electrons. The van der Waals surface area contributed by atoms with Crippen LogP contribution in [0.15, 0.2) is 54.7 Å². The Balaban J connectivity index is 1.64. The van der Waals surface area contributed by atoms with Gasteiger partial charge in [0.2, 0.25) is 0 Å². The molecule has 0 aliphatic rings. The SMILES string of the molecule is Cc1c(Cl)cccc1NC(=S)Nc1ccn(Cc2ccccc2F)n1. The predicted octanol–water partition coefficient (Wildman–Crippen LogP) is 4.84. The summed E-state index contributed by atoms with van der Waals surface area (Å²) in [6.07, 6.45) is 1.77. The van der Waals surface area contributed by atoms with Crippen molar-refractivity contribution in [3.8, 4) is 0 Å². The van der Waals surface area contributed by atoms with Crippen molar-refractivity contribution >= 4 is 40.4 Å². The zero-order valence-electron chi connectivity index (χ0n) is 13.5. The molecule has 0 amide bonds. The summed E-state index contributed by atoms with van der Waals surface area (Å²) < 4.78 is 15.4. The van der Waals surface area contributed by atoms with Gasteiger partial charge in [0.25, 0.3) is 0 Å². The highest BCUT2D eigenvalue weighted by atomic mass is 35.5. The first-order valence-corrected chi connectivity index (χ1v) is 8.41. The second-order valence-corrected chi connectivity index (χ2v) is 6.30. The van der Waals surface area contributed by atoms with Gasteiger partial charge in [-0.25, -0.2) is 4.39 Å². The van der Waals surface area contributed by atoms with Crippen LogP contribution in [0.3, 0.4) is 0 Å². The van der Waals surface area contributed by atoms with Crippen LogP contribution >= 0.6 is 23.8 Å². The van der Waals surface area contributed by atoms with Crippen molar-refractivity contribution in [2.45, 2.75) is 13.5 Å². The topological polar surface area (TPSA) is 41.9 Å². The molecule has 0 aliphatic heterocycles. The first-order valence-electron chi connectivity index (χ1n) is 7.63. The lowest BCUT2D eigenvalue weighted by atomic mass is 10.2. The largest absolute Gasteiger partial charge is 0.332 e. The van der Waals surface area contributed by atoms with Crippen molar-refractivity contribution in [1.82, 2.24) is 9.78 Å². The van der Waals surface area contributed by atoms with Crippen LogP contribution in [0.25, 0.3) is 0 Å². The monoisotopic (exact) mass is 374 g/mol. The summed E-state index contributed by atoms with van der Waals surface area (Å²) in [5.41, 5.74) is 2.32. The average Bonchev–Trinajstić information content (AvgIpc) is 3.01. The second-order valence-electron chi connectivity index (χ2n) is 5.48. The summed E-state index contributed by atoms with van der Waals surface area (Å²) in [5.74, 6) is 0.328. The number of thiocarbonyl (C=S) groups is 1. The third-order valence-electron chi connectivity index (χ3n) is 3.69. The molecule has 0 saturated heterocycles. The molecular weight excluding hydrogens is 359 g/mol. The van der Waals surface area contributed by atoms with Gasteiger partial charge in [-0.2, -0.15) is 5.10 Å². The molecule has 0 spiro atoms. The van der Waals surface area contributed by atoms with Crippen LogP contribution in [0.2, 0.25) is 5.02 Å². The maximum absolute atomic E-state index is 13.7. The van der Waals surface area contributed by atoms with Crippen LogP contribution in [0.5, 0.6) is 0 Å². The molecule has 7 heteroatoms. The Morgan fingerprint density at radius 3 is 2.76 bits per heavy atom. The molecule has 0 saturated carbocycles. The minimum absolute atomic E-state index is 0.249. The fourth-order valence-electron chi connectivity index (χ4n) is 2.33. The van der Waals surface area contributed by atoms with Crippen molar-refractivity contribution in [3.63, 3.8) is 0 Å². The fraction of sp³-hybridized carbons (Fsp3) is 0.111. The molecule has 0 unspecified atom stereocenters. The van der Waals surface area contributed by atoms with E-state index in [-0.39, 0.29) is 5.82 Å². The van der Waals surface area contributed by atoms with Crippen molar-refractivity contribution in [2.24, 2.45) is 0 Å². The summed E-state index contributed by atoms with van der Waals surface area (Å²) in [7, 11) is 0. The van der Waals surface area contributed by atoms with Crippen LogP contribution in [0, 0.1) is 12.7 Å². The number of anilines is 2. The number of aromatic nitrogens is 2. The second kappa shape index (κ2) is 7.63. The molecular formula is C18H16ClFN4S. The molecule has 128 valence electrons. The average molecular weight is 375 g/mol. The van der Waals surface area contributed by atoms with E-state index in [2.05, 4.69) is 15.7 Å². The van der Waals surface area contributed by atoms with Gasteiger partial charge in [0.05, 0.1) is 6.54 Å². The molecule has 0 bridgehead atoms. The lowest BCUT2D eigenvalue weighted by Gasteiger charge is -2.11. The Bertz CT molecular complexity index is 910. The summed E-state index contributed by atoms with van der Waals surface area (Å²) in [5, 5.41) is 11.5. The van der Waals surface area contributed by atoms with E-state index in [1.165, 1.54) is 6.07 Å². The lowest BCUT2D eigenvalue weighted by Crippen LogP contribution is -2.20. The number of hydrogen-bond donors (Lipinski definition) is 2. The maximum atomic E-state index is 13.7. The Morgan fingerprint density at radius 2 is 1.96 bits per heavy atom. The number of nitrogens with one attached hydrogen (secondary N) is 2. The molecule has 0 aliphatic carbocycles. The number of benzene rings is 2. The van der Waals surface area contributed by atoms with E-state index in [1.807, 2.05) is 25.1 Å². The molecule has 2 N–H and O–H groups in total. The third kappa shape index (κ3) is 4.35. The number of nitrogens with zero attached hydrogens (tertiary/aromatic N) is 2. The first-order chi connectivity index (χ1) is 12.0. The predicted molar refractivity (Wildman–Crippen MR) is 104 cm³/mol. The number of hydrogen-bond acceptors (Lipinski definition) is 2. The zero-order chi connectivity index (χ0) is 17.8. The van der Waals surface area contributed by atoms with Crippen molar-refractivity contribution in [3.05, 3.63) is 76.7 Å². The molecule has 0 atom stereocenters. The Morgan fingerprint density at radius 1 is 1.16 bits per heavy atom. The van der Waals surface area contributed by atoms with Crippen molar-refractivity contribution < 1.29 is 4.39 Å². The molecule has 1 heterocycles. The quantitative estimate of drug-likeness (QED) is 0.641. The minimum Gasteiger partial charge on any atom is -0.332 e. The van der Waals surface area contributed by atoms with Gasteiger partial charge in [-0.1, -0.05) is 35.9 Å². The smallest absolute Gasteiger partial charge is 0.176 e. The van der Waals surface area contributed by atoms with Crippen molar-refractivity contribution in [2.75, 3.05) is 10.6 Å². The zero-order valence-corrected chi connectivity index (χ0v) is 15.0. The molecule has 1 aromatic heterocycles. The summed E-state index contributed by atoms with van der Waals surface area (Å²) >= 11 is 11.4. The summed E-state index contributed by atoms with van der Waals surface area (Å²) in [6, 6.07) is 14.0. The van der Waals surface area contributed by atoms with Gasteiger partial charge in [0.15, 0.2) is 10.9 Å². The van der Waals surface area contributed by atoms with E-state index < -0.39 is 0 Å². The Hall–Kier alpha value is -2.44. The van der Waals surface area contributed by atoms with Gasteiger partial charge in [0.1, 0.15) is 5.82 Å². The standard InChI is InChI=1S/C18H16ClFN4S/c1-12-14(19)6-4-8-16(12)21-18(25)22-17-9-10-24(23-17)11-13-5-2-3-7-15(13)20/h2-10H,11H2,1H3,(H2,21,22,23,25). The van der Waals surface area contributed by atoms with Gasteiger partial charge in [-0.05, 0) is 42.9 Å². The molecule has 4 nitrogen and oxygen atoms in total. The molecule has 3 aromatic rings. The highest BCUT2D eigenvalue weighted by molar-refractivity contribution is 7.80. The maximum Gasteiger partial charge on any atom is 0.176 e. The van der Waals surface area contributed by atoms with Crippen LogP contribution < -0.4 is 10.6 Å². The van der Waals surface area contributed by atoms with E-state index >= 15 is 0 Å². The number of rotatable bonds is 4.